The van der Waals surface area contributed by atoms with Gasteiger partial charge in [0.1, 0.15) is 5.76 Å². The van der Waals surface area contributed by atoms with Crippen LogP contribution in [0.15, 0.2) is 35.6 Å². The Morgan fingerprint density at radius 1 is 1.44 bits per heavy atom. The highest BCUT2D eigenvalue weighted by atomic mass is 16.5. The fraction of sp³-hybridized carbons (Fsp3) is 0.647. The highest BCUT2D eigenvalue weighted by Gasteiger charge is 2.25. The van der Waals surface area contributed by atoms with Crippen molar-refractivity contribution in [2.24, 2.45) is 11.8 Å². The molecule has 0 N–H and O–H groups in total. The molecule has 1 rings (SSSR count). The van der Waals surface area contributed by atoms with E-state index < -0.39 is 0 Å². The minimum absolute atomic E-state index is 0.600. The van der Waals surface area contributed by atoms with E-state index in [2.05, 4.69) is 46.4 Å². The molecule has 1 heteroatoms. The van der Waals surface area contributed by atoms with Gasteiger partial charge in [-0.05, 0) is 37.2 Å². The largest absolute Gasteiger partial charge is 0.494 e. The summed E-state index contributed by atoms with van der Waals surface area (Å²) in [4.78, 5) is 0. The maximum absolute atomic E-state index is 5.57. The molecule has 0 aromatic carbocycles. The molecule has 0 aliphatic carbocycles. The molecule has 18 heavy (non-hydrogen) atoms. The first-order valence-corrected chi connectivity index (χ1v) is 7.29. The first-order chi connectivity index (χ1) is 8.60. The van der Waals surface area contributed by atoms with E-state index >= 15 is 0 Å². The van der Waals surface area contributed by atoms with Crippen molar-refractivity contribution in [2.75, 3.05) is 6.61 Å². The molecule has 0 aromatic heterocycles. The van der Waals surface area contributed by atoms with Gasteiger partial charge in [0.25, 0.3) is 0 Å². The van der Waals surface area contributed by atoms with Gasteiger partial charge in [-0.1, -0.05) is 58.9 Å². The number of hydrogen-bond acceptors (Lipinski definition) is 1. The highest BCUT2D eigenvalue weighted by Crippen LogP contribution is 2.34. The third kappa shape index (κ3) is 4.72. The molecule has 0 saturated carbocycles. The zero-order chi connectivity index (χ0) is 14.1. The quantitative estimate of drug-likeness (QED) is 0.642. The van der Waals surface area contributed by atoms with Crippen LogP contribution >= 0.6 is 0 Å². The smallest absolute Gasteiger partial charge is 0.115 e. The molecule has 104 valence electrons. The molecule has 1 unspecified atom stereocenters. The lowest BCUT2D eigenvalue weighted by Crippen LogP contribution is -2.21. The van der Waals surface area contributed by atoms with Gasteiger partial charge in [0.15, 0.2) is 0 Å². The van der Waals surface area contributed by atoms with Gasteiger partial charge in [0.2, 0.25) is 0 Å². The van der Waals surface area contributed by atoms with Crippen molar-refractivity contribution in [1.29, 1.82) is 0 Å². The first-order valence-electron chi connectivity index (χ1n) is 7.29. The molecule has 1 heterocycles. The van der Waals surface area contributed by atoms with Crippen molar-refractivity contribution in [3.05, 3.63) is 35.6 Å². The normalized spacial score (nSPS) is 22.6. The van der Waals surface area contributed by atoms with E-state index in [1.165, 1.54) is 11.1 Å². The average molecular weight is 250 g/mol. The summed E-state index contributed by atoms with van der Waals surface area (Å²) in [5.74, 6) is 2.13. The molecule has 1 aliphatic heterocycles. The van der Waals surface area contributed by atoms with Crippen molar-refractivity contribution >= 4 is 0 Å². The predicted octanol–water partition coefficient (Wildman–Crippen LogP) is 5.50. The number of ether oxygens (including phenoxy) is 1. The van der Waals surface area contributed by atoms with Crippen molar-refractivity contribution in [1.82, 2.24) is 0 Å². The minimum Gasteiger partial charge on any atom is -0.494 e. The zero-order valence-corrected chi connectivity index (χ0v) is 13.0. The van der Waals surface area contributed by atoms with E-state index in [0.29, 0.717) is 11.8 Å². The van der Waals surface area contributed by atoms with Crippen LogP contribution in [0.1, 0.15) is 54.4 Å². The first kappa shape index (κ1) is 17.0. The molecule has 1 aliphatic rings. The van der Waals surface area contributed by atoms with Gasteiger partial charge >= 0.3 is 0 Å². The second kappa shape index (κ2) is 9.02. The molecule has 1 nitrogen and oxygen atoms in total. The summed E-state index contributed by atoms with van der Waals surface area (Å²) < 4.78 is 5.57. The molecule has 0 bridgehead atoms. The molecule has 1 atom stereocenters. The summed E-state index contributed by atoms with van der Waals surface area (Å²) in [6.45, 7) is 17.7. The second-order valence-corrected chi connectivity index (χ2v) is 4.73. The molecule has 0 spiro atoms. The Bertz CT molecular complexity index is 308. The molecule has 0 amide bonds. The Kier molecular flexibility index (Phi) is 8.53. The van der Waals surface area contributed by atoms with Crippen molar-refractivity contribution in [3.8, 4) is 0 Å². The average Bonchev–Trinajstić information content (AvgIpc) is 2.39. The van der Waals surface area contributed by atoms with Crippen molar-refractivity contribution < 1.29 is 4.74 Å². The van der Waals surface area contributed by atoms with E-state index in [0.717, 1.165) is 25.2 Å². The van der Waals surface area contributed by atoms with Gasteiger partial charge < -0.3 is 4.74 Å². The molecular formula is C17H30O. The van der Waals surface area contributed by atoms with Crippen LogP contribution in [0.4, 0.5) is 0 Å². The SMILES string of the molecule is C=C1OCCC(C(C)C)/C1=C/C(=C\C)CC.CC. The number of allylic oxidation sites excluding steroid dienone is 4. The van der Waals surface area contributed by atoms with Crippen LogP contribution in [-0.2, 0) is 4.74 Å². The highest BCUT2D eigenvalue weighted by molar-refractivity contribution is 5.35. The van der Waals surface area contributed by atoms with Gasteiger partial charge in [-0.25, -0.2) is 0 Å². The zero-order valence-electron chi connectivity index (χ0n) is 13.0. The lowest BCUT2D eigenvalue weighted by Gasteiger charge is -2.30. The van der Waals surface area contributed by atoms with Crippen LogP contribution in [0.25, 0.3) is 0 Å². The van der Waals surface area contributed by atoms with Gasteiger partial charge in [-0.3, -0.25) is 0 Å². The van der Waals surface area contributed by atoms with Crippen LogP contribution < -0.4 is 0 Å². The summed E-state index contributed by atoms with van der Waals surface area (Å²) in [5.41, 5.74) is 2.67. The summed E-state index contributed by atoms with van der Waals surface area (Å²) in [7, 11) is 0. The topological polar surface area (TPSA) is 9.23 Å². The Labute approximate surface area is 114 Å². The Balaban J connectivity index is 0.00000137. The standard InChI is InChI=1S/C15H24O.C2H6/c1-6-13(7-2)10-15-12(5)16-9-8-14(15)11(3)4;1-2/h6,10-11,14H,5,7-9H2,1-4H3;1-2H3/b13-6-,15-10+;. The van der Waals surface area contributed by atoms with Gasteiger partial charge in [0, 0.05) is 0 Å². The van der Waals surface area contributed by atoms with Gasteiger partial charge in [-0.2, -0.15) is 0 Å². The summed E-state index contributed by atoms with van der Waals surface area (Å²) in [6.07, 6.45) is 6.62. The maximum atomic E-state index is 5.57. The molecule has 1 fully saturated rings. The van der Waals surface area contributed by atoms with Crippen LogP contribution in [0.5, 0.6) is 0 Å². The van der Waals surface area contributed by atoms with E-state index in [9.17, 15) is 0 Å². The molecule has 0 aromatic rings. The van der Waals surface area contributed by atoms with Crippen LogP contribution in [0.2, 0.25) is 0 Å². The van der Waals surface area contributed by atoms with E-state index in [4.69, 9.17) is 4.74 Å². The second-order valence-electron chi connectivity index (χ2n) is 4.73. The van der Waals surface area contributed by atoms with Crippen LogP contribution in [-0.4, -0.2) is 6.61 Å². The van der Waals surface area contributed by atoms with Crippen molar-refractivity contribution in [2.45, 2.75) is 54.4 Å². The van der Waals surface area contributed by atoms with Crippen LogP contribution in [0.3, 0.4) is 0 Å². The Morgan fingerprint density at radius 2 is 2.06 bits per heavy atom. The predicted molar refractivity (Wildman–Crippen MR) is 81.5 cm³/mol. The summed E-state index contributed by atoms with van der Waals surface area (Å²) in [5, 5.41) is 0. The maximum Gasteiger partial charge on any atom is 0.115 e. The fourth-order valence-electron chi connectivity index (χ4n) is 2.22. The monoisotopic (exact) mass is 250 g/mol. The summed E-state index contributed by atoms with van der Waals surface area (Å²) >= 11 is 0. The molecule has 1 saturated heterocycles. The van der Waals surface area contributed by atoms with Crippen molar-refractivity contribution in [3.63, 3.8) is 0 Å². The van der Waals surface area contributed by atoms with E-state index in [1.807, 2.05) is 13.8 Å². The third-order valence-corrected chi connectivity index (χ3v) is 3.35. The Hall–Kier alpha value is -0.980. The van der Waals surface area contributed by atoms with Crippen LogP contribution in [0, 0.1) is 11.8 Å². The van der Waals surface area contributed by atoms with Gasteiger partial charge in [-0.15, -0.1) is 0 Å². The molecular weight excluding hydrogens is 220 g/mol. The van der Waals surface area contributed by atoms with E-state index in [-0.39, 0.29) is 0 Å². The minimum atomic E-state index is 0.600. The van der Waals surface area contributed by atoms with Gasteiger partial charge in [0.05, 0.1) is 6.61 Å². The Morgan fingerprint density at radius 3 is 2.50 bits per heavy atom. The molecule has 0 radical (unpaired) electrons. The third-order valence-electron chi connectivity index (χ3n) is 3.35. The van der Waals surface area contributed by atoms with E-state index in [1.54, 1.807) is 0 Å². The lowest BCUT2D eigenvalue weighted by atomic mass is 9.82. The summed E-state index contributed by atoms with van der Waals surface area (Å²) in [6, 6.07) is 0. The lowest BCUT2D eigenvalue weighted by molar-refractivity contribution is 0.154. The number of hydrogen-bond donors (Lipinski definition) is 0. The fourth-order valence-corrected chi connectivity index (χ4v) is 2.22. The number of rotatable bonds is 3.